The fourth-order valence-electron chi connectivity index (χ4n) is 1.61. The molecule has 0 aliphatic carbocycles. The van der Waals surface area contributed by atoms with Gasteiger partial charge in [0.15, 0.2) is 0 Å². The van der Waals surface area contributed by atoms with Gasteiger partial charge in [0.25, 0.3) is 5.91 Å². The lowest BCUT2D eigenvalue weighted by molar-refractivity contribution is 0.0357. The van der Waals surface area contributed by atoms with Crippen LogP contribution in [-0.2, 0) is 0 Å². The van der Waals surface area contributed by atoms with Crippen LogP contribution in [0.25, 0.3) is 0 Å². The lowest BCUT2D eigenvalue weighted by Crippen LogP contribution is -2.51. The number of hydrogen-bond donors (Lipinski definition) is 2. The summed E-state index contributed by atoms with van der Waals surface area (Å²) in [5, 5.41) is 11.4. The Labute approximate surface area is 97.9 Å². The van der Waals surface area contributed by atoms with Crippen LogP contribution in [0, 0.1) is 5.92 Å². The van der Waals surface area contributed by atoms with Gasteiger partial charge in [0, 0.05) is 31.0 Å². The van der Waals surface area contributed by atoms with E-state index in [2.05, 4.69) is 4.98 Å². The SMILES string of the molecule is CC(N)c1nc(C(=O)N2CC(CO)C2)cs1. The molecule has 6 heteroatoms. The van der Waals surface area contributed by atoms with E-state index in [4.69, 9.17) is 10.8 Å². The van der Waals surface area contributed by atoms with Gasteiger partial charge in [-0.2, -0.15) is 0 Å². The van der Waals surface area contributed by atoms with Gasteiger partial charge in [-0.25, -0.2) is 4.98 Å². The molecule has 2 rings (SSSR count). The molecule has 5 nitrogen and oxygen atoms in total. The molecule has 1 amide bonds. The van der Waals surface area contributed by atoms with Crippen LogP contribution in [0.3, 0.4) is 0 Å². The van der Waals surface area contributed by atoms with Crippen LogP contribution in [0.2, 0.25) is 0 Å². The number of likely N-dealkylation sites (tertiary alicyclic amines) is 1. The number of aromatic nitrogens is 1. The van der Waals surface area contributed by atoms with Gasteiger partial charge >= 0.3 is 0 Å². The molecule has 3 N–H and O–H groups in total. The van der Waals surface area contributed by atoms with E-state index in [1.54, 1.807) is 10.3 Å². The van der Waals surface area contributed by atoms with Crippen molar-refractivity contribution in [3.8, 4) is 0 Å². The van der Waals surface area contributed by atoms with E-state index in [0.29, 0.717) is 18.8 Å². The minimum atomic E-state index is -0.131. The van der Waals surface area contributed by atoms with Crippen LogP contribution < -0.4 is 5.73 Å². The number of nitrogens with two attached hydrogens (primary N) is 1. The molecule has 1 aliphatic heterocycles. The Hall–Kier alpha value is -0.980. The predicted molar refractivity (Wildman–Crippen MR) is 61.2 cm³/mol. The quantitative estimate of drug-likeness (QED) is 0.793. The van der Waals surface area contributed by atoms with Crippen LogP contribution in [0.1, 0.15) is 28.5 Å². The van der Waals surface area contributed by atoms with Crippen molar-refractivity contribution in [1.29, 1.82) is 0 Å². The van der Waals surface area contributed by atoms with E-state index in [1.165, 1.54) is 11.3 Å². The van der Waals surface area contributed by atoms with E-state index in [-0.39, 0.29) is 24.5 Å². The number of carbonyl (C=O) groups excluding carboxylic acids is 1. The van der Waals surface area contributed by atoms with Crippen molar-refractivity contribution in [3.05, 3.63) is 16.1 Å². The Balaban J connectivity index is 1.99. The Morgan fingerprint density at radius 2 is 2.50 bits per heavy atom. The number of thiazole rings is 1. The summed E-state index contributed by atoms with van der Waals surface area (Å²) >= 11 is 1.41. The predicted octanol–water partition coefficient (Wildman–Crippen LogP) is 0.227. The summed E-state index contributed by atoms with van der Waals surface area (Å²) in [5.74, 6) is 0.170. The molecule has 1 fully saturated rings. The lowest BCUT2D eigenvalue weighted by Gasteiger charge is -2.37. The van der Waals surface area contributed by atoms with Gasteiger partial charge in [-0.1, -0.05) is 0 Å². The first-order valence-corrected chi connectivity index (χ1v) is 6.11. The molecule has 1 aliphatic rings. The molecule has 0 aromatic carbocycles. The number of rotatable bonds is 3. The fraction of sp³-hybridized carbons (Fsp3) is 0.600. The van der Waals surface area contributed by atoms with Crippen molar-refractivity contribution < 1.29 is 9.90 Å². The molecule has 1 unspecified atom stereocenters. The van der Waals surface area contributed by atoms with Crippen molar-refractivity contribution in [2.75, 3.05) is 19.7 Å². The van der Waals surface area contributed by atoms with Crippen molar-refractivity contribution >= 4 is 17.2 Å². The van der Waals surface area contributed by atoms with Gasteiger partial charge in [-0.15, -0.1) is 11.3 Å². The van der Waals surface area contributed by atoms with Gasteiger partial charge in [-0.3, -0.25) is 4.79 Å². The summed E-state index contributed by atoms with van der Waals surface area (Å²) in [7, 11) is 0. The van der Waals surface area contributed by atoms with Crippen LogP contribution >= 0.6 is 11.3 Å². The third kappa shape index (κ3) is 2.09. The normalized spacial score (nSPS) is 18.3. The highest BCUT2D eigenvalue weighted by Gasteiger charge is 2.31. The Morgan fingerprint density at radius 3 is 3.00 bits per heavy atom. The Bertz CT molecular complexity index is 385. The number of aliphatic hydroxyl groups excluding tert-OH is 1. The maximum atomic E-state index is 11.9. The molecule has 1 atom stereocenters. The molecule has 2 heterocycles. The van der Waals surface area contributed by atoms with Gasteiger partial charge in [0.05, 0.1) is 6.04 Å². The van der Waals surface area contributed by atoms with Gasteiger partial charge in [0.2, 0.25) is 0 Å². The van der Waals surface area contributed by atoms with Gasteiger partial charge < -0.3 is 15.7 Å². The number of aliphatic hydroxyl groups is 1. The summed E-state index contributed by atoms with van der Waals surface area (Å²) < 4.78 is 0. The average Bonchev–Trinajstić information content (AvgIpc) is 2.64. The molecule has 0 saturated carbocycles. The maximum absolute atomic E-state index is 11.9. The fourth-order valence-corrected chi connectivity index (χ4v) is 2.36. The highest BCUT2D eigenvalue weighted by Crippen LogP contribution is 2.21. The average molecular weight is 241 g/mol. The molecular formula is C10H15N3O2S. The van der Waals surface area contributed by atoms with Crippen LogP contribution in [0.5, 0.6) is 0 Å². The summed E-state index contributed by atoms with van der Waals surface area (Å²) in [6.07, 6.45) is 0. The maximum Gasteiger partial charge on any atom is 0.273 e. The Morgan fingerprint density at radius 1 is 1.81 bits per heavy atom. The topological polar surface area (TPSA) is 79.5 Å². The molecule has 0 bridgehead atoms. The molecule has 0 radical (unpaired) electrons. The summed E-state index contributed by atoms with van der Waals surface area (Å²) in [6, 6.07) is -0.131. The Kier molecular flexibility index (Phi) is 3.22. The van der Waals surface area contributed by atoms with Crippen molar-refractivity contribution in [1.82, 2.24) is 9.88 Å². The second-order valence-corrected chi connectivity index (χ2v) is 5.01. The van der Waals surface area contributed by atoms with E-state index < -0.39 is 0 Å². The van der Waals surface area contributed by atoms with Gasteiger partial charge in [0.1, 0.15) is 10.7 Å². The molecule has 1 aromatic heterocycles. The summed E-state index contributed by atoms with van der Waals surface area (Å²) in [4.78, 5) is 17.8. The largest absolute Gasteiger partial charge is 0.396 e. The number of nitrogens with zero attached hydrogens (tertiary/aromatic N) is 2. The van der Waals surface area contributed by atoms with Crippen molar-refractivity contribution in [2.45, 2.75) is 13.0 Å². The monoisotopic (exact) mass is 241 g/mol. The second-order valence-electron chi connectivity index (χ2n) is 4.12. The van der Waals surface area contributed by atoms with Crippen molar-refractivity contribution in [2.24, 2.45) is 11.7 Å². The van der Waals surface area contributed by atoms with E-state index in [9.17, 15) is 4.79 Å². The van der Waals surface area contributed by atoms with E-state index in [1.807, 2.05) is 6.92 Å². The molecule has 16 heavy (non-hydrogen) atoms. The van der Waals surface area contributed by atoms with Crippen molar-refractivity contribution in [3.63, 3.8) is 0 Å². The molecule has 1 aromatic rings. The standard InChI is InChI=1S/C10H15N3O2S/c1-6(11)9-12-8(5-16-9)10(15)13-2-7(3-13)4-14/h5-7,14H,2-4,11H2,1H3. The summed E-state index contributed by atoms with van der Waals surface area (Å²) in [5.41, 5.74) is 6.15. The first kappa shape index (κ1) is 11.5. The first-order chi connectivity index (χ1) is 7.61. The molecular weight excluding hydrogens is 226 g/mol. The smallest absolute Gasteiger partial charge is 0.273 e. The zero-order chi connectivity index (χ0) is 11.7. The summed E-state index contributed by atoms with van der Waals surface area (Å²) in [6.45, 7) is 3.24. The van der Waals surface area contributed by atoms with Gasteiger partial charge in [-0.05, 0) is 6.92 Å². The highest BCUT2D eigenvalue weighted by atomic mass is 32.1. The number of carbonyl (C=O) groups is 1. The minimum Gasteiger partial charge on any atom is -0.396 e. The molecule has 88 valence electrons. The third-order valence-electron chi connectivity index (χ3n) is 2.63. The highest BCUT2D eigenvalue weighted by molar-refractivity contribution is 7.09. The zero-order valence-corrected chi connectivity index (χ0v) is 9.91. The molecule has 0 spiro atoms. The zero-order valence-electron chi connectivity index (χ0n) is 9.09. The number of hydrogen-bond acceptors (Lipinski definition) is 5. The van der Waals surface area contributed by atoms with Crippen LogP contribution in [-0.4, -0.2) is 40.6 Å². The third-order valence-corrected chi connectivity index (χ3v) is 3.68. The van der Waals surface area contributed by atoms with E-state index >= 15 is 0 Å². The molecule has 1 saturated heterocycles. The number of amides is 1. The van der Waals surface area contributed by atoms with Crippen LogP contribution in [0.15, 0.2) is 5.38 Å². The lowest BCUT2D eigenvalue weighted by atomic mass is 10.0. The minimum absolute atomic E-state index is 0.0622. The first-order valence-electron chi connectivity index (χ1n) is 5.23. The van der Waals surface area contributed by atoms with Crippen LogP contribution in [0.4, 0.5) is 0 Å². The second kappa shape index (κ2) is 4.48. The van der Waals surface area contributed by atoms with E-state index in [0.717, 1.165) is 5.01 Å².